The molecule has 7 nitrogen and oxygen atoms in total. The fraction of sp³-hybridized carbons (Fsp3) is 0.882. The molecule has 1 saturated carbocycles. The van der Waals surface area contributed by atoms with Gasteiger partial charge in [-0.05, 0) is 33.6 Å². The van der Waals surface area contributed by atoms with E-state index >= 15 is 0 Å². The Kier molecular flexibility index (Phi) is 6.09. The highest BCUT2D eigenvalue weighted by Gasteiger charge is 2.44. The summed E-state index contributed by atoms with van der Waals surface area (Å²) >= 11 is 0. The molecule has 2 N–H and O–H groups in total. The molecule has 2 aliphatic rings. The standard InChI is InChI=1S/C17H30N2O5/c1-16(2,3)24-15(22)18-10-17(11-20)12-23-9-8-19(17)14(21)13-6-4-5-7-13/h13,20H,4-12H2,1-3H3,(H,18,22). The number of ether oxygens (including phenoxy) is 2. The van der Waals surface area contributed by atoms with E-state index in [9.17, 15) is 14.7 Å². The summed E-state index contributed by atoms with van der Waals surface area (Å²) < 4.78 is 10.7. The fourth-order valence-electron chi connectivity index (χ4n) is 3.35. The molecule has 0 bridgehead atoms. The molecule has 138 valence electrons. The molecule has 2 amide bonds. The van der Waals surface area contributed by atoms with Crippen molar-refractivity contribution in [1.82, 2.24) is 10.2 Å². The first-order valence-electron chi connectivity index (χ1n) is 8.74. The smallest absolute Gasteiger partial charge is 0.407 e. The largest absolute Gasteiger partial charge is 0.444 e. The highest BCUT2D eigenvalue weighted by atomic mass is 16.6. The topological polar surface area (TPSA) is 88.1 Å². The van der Waals surface area contributed by atoms with Crippen molar-refractivity contribution in [3.8, 4) is 0 Å². The second-order valence-corrected chi connectivity index (χ2v) is 7.76. The fourth-order valence-corrected chi connectivity index (χ4v) is 3.35. The predicted octanol–water partition coefficient (Wildman–Crippen LogP) is 1.29. The number of nitrogens with zero attached hydrogens (tertiary/aromatic N) is 1. The van der Waals surface area contributed by atoms with Gasteiger partial charge in [-0.3, -0.25) is 4.79 Å². The van der Waals surface area contributed by atoms with E-state index in [1.165, 1.54) is 0 Å². The highest BCUT2D eigenvalue weighted by molar-refractivity contribution is 5.80. The summed E-state index contributed by atoms with van der Waals surface area (Å²) in [6.07, 6.45) is 3.38. The average molecular weight is 342 g/mol. The lowest BCUT2D eigenvalue weighted by Gasteiger charge is -2.46. The van der Waals surface area contributed by atoms with Gasteiger partial charge in [0.05, 0.1) is 19.8 Å². The Bertz CT molecular complexity index is 456. The number of carbonyl (C=O) groups excluding carboxylic acids is 2. The molecule has 2 rings (SSSR count). The van der Waals surface area contributed by atoms with Crippen LogP contribution >= 0.6 is 0 Å². The van der Waals surface area contributed by atoms with Gasteiger partial charge in [0, 0.05) is 19.0 Å². The Balaban J connectivity index is 2.05. The SMILES string of the molecule is CC(C)(C)OC(=O)NCC1(CO)COCCN1C(=O)C1CCCC1. The van der Waals surface area contributed by atoms with Crippen molar-refractivity contribution in [2.45, 2.75) is 57.6 Å². The number of morpholine rings is 1. The lowest BCUT2D eigenvalue weighted by molar-refractivity contribution is -0.157. The van der Waals surface area contributed by atoms with E-state index in [4.69, 9.17) is 9.47 Å². The summed E-state index contributed by atoms with van der Waals surface area (Å²) in [5.41, 5.74) is -1.52. The van der Waals surface area contributed by atoms with Gasteiger partial charge in [-0.15, -0.1) is 0 Å². The molecule has 1 saturated heterocycles. The van der Waals surface area contributed by atoms with Crippen LogP contribution < -0.4 is 5.32 Å². The normalized spacial score (nSPS) is 25.6. The summed E-state index contributed by atoms with van der Waals surface area (Å²) in [5.74, 6) is 0.0893. The van der Waals surface area contributed by atoms with E-state index in [-0.39, 0.29) is 31.6 Å². The molecular weight excluding hydrogens is 312 g/mol. The van der Waals surface area contributed by atoms with E-state index < -0.39 is 17.2 Å². The van der Waals surface area contributed by atoms with Crippen LogP contribution in [-0.2, 0) is 14.3 Å². The third-order valence-electron chi connectivity index (χ3n) is 4.63. The maximum Gasteiger partial charge on any atom is 0.407 e. The minimum Gasteiger partial charge on any atom is -0.444 e. The van der Waals surface area contributed by atoms with Gasteiger partial charge in [0.25, 0.3) is 0 Å². The van der Waals surface area contributed by atoms with Gasteiger partial charge in [-0.2, -0.15) is 0 Å². The molecule has 0 aromatic rings. The number of hydrogen-bond acceptors (Lipinski definition) is 5. The first kappa shape index (κ1) is 19.0. The lowest BCUT2D eigenvalue weighted by atomic mass is 9.94. The van der Waals surface area contributed by atoms with Crippen molar-refractivity contribution in [3.63, 3.8) is 0 Å². The summed E-state index contributed by atoms with van der Waals surface area (Å²) in [7, 11) is 0. The molecule has 0 aromatic carbocycles. The van der Waals surface area contributed by atoms with Crippen molar-refractivity contribution < 1.29 is 24.2 Å². The van der Waals surface area contributed by atoms with Crippen LogP contribution in [-0.4, -0.2) is 66.1 Å². The van der Waals surface area contributed by atoms with E-state index in [1.807, 2.05) is 0 Å². The first-order valence-corrected chi connectivity index (χ1v) is 8.74. The number of hydrogen-bond donors (Lipinski definition) is 2. The van der Waals surface area contributed by atoms with E-state index in [1.54, 1.807) is 25.7 Å². The van der Waals surface area contributed by atoms with E-state index in [0.29, 0.717) is 13.2 Å². The minimum absolute atomic E-state index is 0.0237. The quantitative estimate of drug-likeness (QED) is 0.804. The lowest BCUT2D eigenvalue weighted by Crippen LogP contribution is -2.66. The van der Waals surface area contributed by atoms with Crippen LogP contribution in [0, 0.1) is 5.92 Å². The highest BCUT2D eigenvalue weighted by Crippen LogP contribution is 2.30. The molecule has 0 aromatic heterocycles. The summed E-state index contributed by atoms with van der Waals surface area (Å²) in [5, 5.41) is 12.7. The monoisotopic (exact) mass is 342 g/mol. The summed E-state index contributed by atoms with van der Waals surface area (Å²) in [6.45, 7) is 6.30. The molecular formula is C17H30N2O5. The number of nitrogens with one attached hydrogen (secondary N) is 1. The Morgan fingerprint density at radius 2 is 2.00 bits per heavy atom. The summed E-state index contributed by atoms with van der Waals surface area (Å²) in [6, 6.07) is 0. The van der Waals surface area contributed by atoms with Gasteiger partial charge in [-0.1, -0.05) is 12.8 Å². The Labute approximate surface area is 143 Å². The van der Waals surface area contributed by atoms with Gasteiger partial charge < -0.3 is 24.8 Å². The zero-order valence-corrected chi connectivity index (χ0v) is 15.0. The van der Waals surface area contributed by atoms with Crippen LogP contribution in [0.1, 0.15) is 46.5 Å². The zero-order chi connectivity index (χ0) is 17.8. The molecule has 0 radical (unpaired) electrons. The van der Waals surface area contributed by atoms with Crippen LogP contribution in [0.15, 0.2) is 0 Å². The molecule has 7 heteroatoms. The third kappa shape index (κ3) is 4.60. The molecule has 1 heterocycles. The van der Waals surface area contributed by atoms with Gasteiger partial charge in [-0.25, -0.2) is 4.79 Å². The number of carbonyl (C=O) groups is 2. The number of aliphatic hydroxyl groups excluding tert-OH is 1. The maximum absolute atomic E-state index is 12.9. The van der Waals surface area contributed by atoms with Crippen LogP contribution in [0.5, 0.6) is 0 Å². The zero-order valence-electron chi connectivity index (χ0n) is 15.0. The second kappa shape index (κ2) is 7.70. The van der Waals surface area contributed by atoms with Crippen LogP contribution in [0.25, 0.3) is 0 Å². The summed E-state index contributed by atoms with van der Waals surface area (Å²) in [4.78, 5) is 26.5. The number of rotatable bonds is 4. The van der Waals surface area contributed by atoms with Crippen molar-refractivity contribution >= 4 is 12.0 Å². The van der Waals surface area contributed by atoms with Crippen LogP contribution in [0.4, 0.5) is 4.79 Å². The maximum atomic E-state index is 12.9. The van der Waals surface area contributed by atoms with Gasteiger partial charge in [0.2, 0.25) is 5.91 Å². The van der Waals surface area contributed by atoms with Gasteiger partial charge in [0.15, 0.2) is 0 Å². The first-order chi connectivity index (χ1) is 11.3. The number of amides is 2. The van der Waals surface area contributed by atoms with E-state index in [2.05, 4.69) is 5.32 Å². The van der Waals surface area contributed by atoms with Gasteiger partial charge in [0.1, 0.15) is 11.1 Å². The van der Waals surface area contributed by atoms with Crippen LogP contribution in [0.3, 0.4) is 0 Å². The van der Waals surface area contributed by atoms with Crippen molar-refractivity contribution in [2.75, 3.05) is 32.9 Å². The van der Waals surface area contributed by atoms with Crippen molar-refractivity contribution in [3.05, 3.63) is 0 Å². The molecule has 1 unspecified atom stereocenters. The Morgan fingerprint density at radius 1 is 1.33 bits per heavy atom. The number of alkyl carbamates (subject to hydrolysis) is 1. The van der Waals surface area contributed by atoms with Crippen molar-refractivity contribution in [2.24, 2.45) is 5.92 Å². The van der Waals surface area contributed by atoms with Crippen molar-refractivity contribution in [1.29, 1.82) is 0 Å². The third-order valence-corrected chi connectivity index (χ3v) is 4.63. The number of aliphatic hydroxyl groups is 1. The molecule has 24 heavy (non-hydrogen) atoms. The molecule has 0 spiro atoms. The Morgan fingerprint density at radius 3 is 2.58 bits per heavy atom. The molecule has 2 fully saturated rings. The second-order valence-electron chi connectivity index (χ2n) is 7.76. The minimum atomic E-state index is -0.922. The predicted molar refractivity (Wildman–Crippen MR) is 88.5 cm³/mol. The van der Waals surface area contributed by atoms with E-state index in [0.717, 1.165) is 25.7 Å². The van der Waals surface area contributed by atoms with Crippen LogP contribution in [0.2, 0.25) is 0 Å². The molecule has 1 aliphatic heterocycles. The average Bonchev–Trinajstić information content (AvgIpc) is 3.05. The van der Waals surface area contributed by atoms with Gasteiger partial charge >= 0.3 is 6.09 Å². The molecule has 1 aliphatic carbocycles. The Hall–Kier alpha value is -1.34. The molecule has 1 atom stereocenters.